The molecule has 0 bridgehead atoms. The lowest BCUT2D eigenvalue weighted by Crippen LogP contribution is -2.49. The van der Waals surface area contributed by atoms with E-state index in [0.717, 1.165) is 25.2 Å². The van der Waals surface area contributed by atoms with Gasteiger partial charge in [0.25, 0.3) is 0 Å². The van der Waals surface area contributed by atoms with E-state index in [1.54, 1.807) is 37.4 Å². The van der Waals surface area contributed by atoms with Crippen LogP contribution in [-0.2, 0) is 15.0 Å². The molecular weight excluding hydrogens is 525 g/mol. The molecule has 2 unspecified atom stereocenters. The van der Waals surface area contributed by atoms with Gasteiger partial charge in [-0.1, -0.05) is 47.5 Å². The minimum absolute atomic E-state index is 0.0976. The van der Waals surface area contributed by atoms with Gasteiger partial charge >= 0.3 is 0 Å². The first-order valence-corrected chi connectivity index (χ1v) is 13.4. The predicted octanol–water partition coefficient (Wildman–Crippen LogP) is 4.27. The molecular formula is C28H33Cl2N5O3. The van der Waals surface area contributed by atoms with E-state index < -0.39 is 17.4 Å². The molecule has 2 amide bonds. The summed E-state index contributed by atoms with van der Waals surface area (Å²) in [7, 11) is 0. The van der Waals surface area contributed by atoms with E-state index in [1.807, 2.05) is 24.0 Å². The van der Waals surface area contributed by atoms with Crippen LogP contribution in [0.5, 0.6) is 5.75 Å². The molecule has 2 aromatic rings. The molecule has 0 saturated carbocycles. The average molecular weight is 559 g/mol. The summed E-state index contributed by atoms with van der Waals surface area (Å²) < 4.78 is 6.24. The Labute approximate surface area is 233 Å². The fourth-order valence-corrected chi connectivity index (χ4v) is 5.81. The van der Waals surface area contributed by atoms with Crippen LogP contribution in [0.3, 0.4) is 0 Å². The van der Waals surface area contributed by atoms with E-state index in [0.29, 0.717) is 52.9 Å². The molecule has 1 aromatic carbocycles. The molecule has 1 aromatic heterocycles. The number of ether oxygens (including phenoxy) is 1. The third-order valence-electron chi connectivity index (χ3n) is 7.39. The molecule has 2 heterocycles. The zero-order valence-electron chi connectivity index (χ0n) is 21.6. The van der Waals surface area contributed by atoms with Gasteiger partial charge in [0.05, 0.1) is 0 Å². The van der Waals surface area contributed by atoms with Crippen LogP contribution in [0.15, 0.2) is 54.3 Å². The summed E-state index contributed by atoms with van der Waals surface area (Å²) >= 11 is 12.8. The van der Waals surface area contributed by atoms with Crippen LogP contribution in [0.25, 0.3) is 0 Å². The Hall–Kier alpha value is -3.07. The fourth-order valence-electron chi connectivity index (χ4n) is 5.10. The molecule has 8 nitrogen and oxygen atoms in total. The largest absolute Gasteiger partial charge is 0.482 e. The highest BCUT2D eigenvalue weighted by Gasteiger charge is 2.35. The van der Waals surface area contributed by atoms with Crippen molar-refractivity contribution in [2.45, 2.75) is 38.2 Å². The Morgan fingerprint density at radius 2 is 1.87 bits per heavy atom. The highest BCUT2D eigenvalue weighted by Crippen LogP contribution is 2.42. The number of benzene rings is 1. The lowest BCUT2D eigenvalue weighted by molar-refractivity contribution is -0.130. The Kier molecular flexibility index (Phi) is 8.65. The number of primary amides is 1. The number of hydrogen-bond donors (Lipinski definition) is 2. The molecule has 1 saturated heterocycles. The van der Waals surface area contributed by atoms with E-state index in [2.05, 4.69) is 16.0 Å². The summed E-state index contributed by atoms with van der Waals surface area (Å²) in [5, 5.41) is 1.00. The maximum absolute atomic E-state index is 12.2. The zero-order chi connectivity index (χ0) is 27.4. The number of nitrogen functional groups attached to an aromatic ring is 1. The summed E-state index contributed by atoms with van der Waals surface area (Å²) in [6.07, 6.45) is 8.13. The molecule has 10 heteroatoms. The second kappa shape index (κ2) is 11.8. The van der Waals surface area contributed by atoms with E-state index in [9.17, 15) is 9.59 Å². The summed E-state index contributed by atoms with van der Waals surface area (Å²) in [5.74, 6) is 0.296. The third kappa shape index (κ3) is 6.14. The van der Waals surface area contributed by atoms with Gasteiger partial charge in [0.15, 0.2) is 11.6 Å². The first-order valence-electron chi connectivity index (χ1n) is 12.6. The van der Waals surface area contributed by atoms with Crippen molar-refractivity contribution in [2.24, 2.45) is 5.73 Å². The predicted molar refractivity (Wildman–Crippen MR) is 150 cm³/mol. The van der Waals surface area contributed by atoms with Crippen molar-refractivity contribution in [1.29, 1.82) is 0 Å². The first kappa shape index (κ1) is 28.0. The van der Waals surface area contributed by atoms with Crippen LogP contribution in [-0.4, -0.2) is 59.3 Å². The van der Waals surface area contributed by atoms with E-state index >= 15 is 0 Å². The fraction of sp³-hybridized carbons (Fsp3) is 0.393. The molecule has 2 aliphatic rings. The lowest BCUT2D eigenvalue weighted by Gasteiger charge is -2.38. The van der Waals surface area contributed by atoms with Gasteiger partial charge in [-0.25, -0.2) is 4.98 Å². The number of nitrogens with two attached hydrogens (primary N) is 2. The van der Waals surface area contributed by atoms with Crippen molar-refractivity contribution >= 4 is 40.8 Å². The van der Waals surface area contributed by atoms with Gasteiger partial charge in [-0.3, -0.25) is 14.5 Å². The molecule has 1 fully saturated rings. The van der Waals surface area contributed by atoms with Crippen LogP contribution < -0.4 is 16.2 Å². The van der Waals surface area contributed by atoms with Crippen molar-refractivity contribution in [3.05, 3.63) is 75.4 Å². The minimum Gasteiger partial charge on any atom is -0.482 e. The number of hydrogen-bond acceptors (Lipinski definition) is 6. The maximum Gasteiger partial charge on any atom is 0.244 e. The number of halogens is 2. The Balaban J connectivity index is 1.60. The quantitative estimate of drug-likeness (QED) is 0.500. The highest BCUT2D eigenvalue weighted by atomic mass is 35.5. The molecule has 38 heavy (non-hydrogen) atoms. The Morgan fingerprint density at radius 1 is 1.18 bits per heavy atom. The molecule has 0 radical (unpaired) electrons. The number of nitrogens with zero attached hydrogens (tertiary/aromatic N) is 3. The van der Waals surface area contributed by atoms with Crippen LogP contribution >= 0.6 is 23.2 Å². The van der Waals surface area contributed by atoms with Crippen LogP contribution in [0.4, 0.5) is 5.82 Å². The molecule has 0 spiro atoms. The number of carbonyl (C=O) groups excluding carboxylic acids is 2. The molecule has 1 aliphatic carbocycles. The normalized spacial score (nSPS) is 20.6. The SMILES string of the molecule is CC(=O)N1CCN(CCC2(c3cnc(N)c(OC(C)c4c(Cl)cccc4Cl)c3)C=CC=C(C(N)=O)C2)CC1. The number of piperazine rings is 1. The number of pyridine rings is 1. The van der Waals surface area contributed by atoms with Crippen molar-refractivity contribution in [2.75, 3.05) is 38.5 Å². The molecule has 202 valence electrons. The number of allylic oxidation sites excluding steroid dienone is 3. The molecule has 2 atom stereocenters. The number of rotatable bonds is 8. The van der Waals surface area contributed by atoms with Crippen LogP contribution in [0, 0.1) is 0 Å². The Bertz CT molecular complexity index is 1250. The second-order valence-corrected chi connectivity index (χ2v) is 10.7. The summed E-state index contributed by atoms with van der Waals surface area (Å²) in [4.78, 5) is 32.5. The topological polar surface area (TPSA) is 115 Å². The number of aromatic nitrogens is 1. The van der Waals surface area contributed by atoms with Crippen LogP contribution in [0.1, 0.15) is 43.9 Å². The van der Waals surface area contributed by atoms with Gasteiger partial charge in [-0.05, 0) is 50.1 Å². The molecule has 4 rings (SSSR count). The smallest absolute Gasteiger partial charge is 0.244 e. The van der Waals surface area contributed by atoms with Crippen molar-refractivity contribution in [1.82, 2.24) is 14.8 Å². The number of amides is 2. The van der Waals surface area contributed by atoms with Gasteiger partial charge in [-0.15, -0.1) is 0 Å². The summed E-state index contributed by atoms with van der Waals surface area (Å²) in [6.45, 7) is 7.22. The summed E-state index contributed by atoms with van der Waals surface area (Å²) in [6, 6.07) is 7.18. The zero-order valence-corrected chi connectivity index (χ0v) is 23.1. The monoisotopic (exact) mass is 557 g/mol. The minimum atomic E-state index is -0.541. The lowest BCUT2D eigenvalue weighted by atomic mass is 9.71. The van der Waals surface area contributed by atoms with Gasteiger partial charge in [0.1, 0.15) is 6.10 Å². The van der Waals surface area contributed by atoms with Crippen LogP contribution in [0.2, 0.25) is 10.0 Å². The first-order chi connectivity index (χ1) is 18.1. The third-order valence-corrected chi connectivity index (χ3v) is 8.05. The standard InChI is InChI=1S/C28H33Cl2N5O3/c1-18(25-22(29)6-3-7-23(25)30)38-24-15-21(17-33-26(24)31)28(8-4-5-20(16-28)27(32)37)9-10-34-11-13-35(14-12-34)19(2)36/h3-8,15,17-18H,9-14,16H2,1-2H3,(H2,31,33)(H2,32,37). The average Bonchev–Trinajstić information content (AvgIpc) is 2.89. The van der Waals surface area contributed by atoms with E-state index in [4.69, 9.17) is 39.4 Å². The maximum atomic E-state index is 12.2. The Morgan fingerprint density at radius 3 is 2.50 bits per heavy atom. The number of anilines is 1. The van der Waals surface area contributed by atoms with Gasteiger partial charge in [-0.2, -0.15) is 0 Å². The van der Waals surface area contributed by atoms with Gasteiger partial charge < -0.3 is 21.1 Å². The van der Waals surface area contributed by atoms with Crippen molar-refractivity contribution in [3.63, 3.8) is 0 Å². The number of carbonyl (C=O) groups is 2. The van der Waals surface area contributed by atoms with E-state index in [-0.39, 0.29) is 11.7 Å². The second-order valence-electron chi connectivity index (χ2n) is 9.85. The molecule has 4 N–H and O–H groups in total. The van der Waals surface area contributed by atoms with Gasteiger partial charge in [0.2, 0.25) is 11.8 Å². The summed E-state index contributed by atoms with van der Waals surface area (Å²) in [5.41, 5.74) is 13.4. The van der Waals surface area contributed by atoms with E-state index in [1.165, 1.54) is 0 Å². The van der Waals surface area contributed by atoms with Gasteiger partial charge in [0, 0.05) is 65.9 Å². The van der Waals surface area contributed by atoms with Crippen molar-refractivity contribution in [3.8, 4) is 5.75 Å². The highest BCUT2D eigenvalue weighted by molar-refractivity contribution is 6.36. The van der Waals surface area contributed by atoms with Crippen molar-refractivity contribution < 1.29 is 14.3 Å². The molecule has 1 aliphatic heterocycles.